The van der Waals surface area contributed by atoms with E-state index in [1.807, 2.05) is 19.1 Å². The van der Waals surface area contributed by atoms with Crippen molar-refractivity contribution in [1.29, 1.82) is 0 Å². The number of nitrogens with one attached hydrogen (secondary N) is 1. The van der Waals surface area contributed by atoms with Gasteiger partial charge in [-0.05, 0) is 44.0 Å². The van der Waals surface area contributed by atoms with Crippen LogP contribution < -0.4 is 10.2 Å². The molecule has 0 bridgehead atoms. The summed E-state index contributed by atoms with van der Waals surface area (Å²) in [4.78, 5) is 2.10. The minimum absolute atomic E-state index is 0.138. The smallest absolute Gasteiger partial charge is 0.146 e. The molecule has 112 valence electrons. The van der Waals surface area contributed by atoms with Crippen LogP contribution in [0.5, 0.6) is 0 Å². The molecule has 20 heavy (non-hydrogen) atoms. The fourth-order valence-electron chi connectivity index (χ4n) is 2.76. The van der Waals surface area contributed by atoms with Gasteiger partial charge >= 0.3 is 0 Å². The summed E-state index contributed by atoms with van der Waals surface area (Å²) < 4.78 is 19.9. The predicted molar refractivity (Wildman–Crippen MR) is 80.6 cm³/mol. The number of hydrogen-bond donors (Lipinski definition) is 1. The Hall–Kier alpha value is -1.13. The Labute approximate surface area is 121 Å². The molecule has 3 nitrogen and oxygen atoms in total. The first-order chi connectivity index (χ1) is 9.58. The molecule has 1 fully saturated rings. The number of hydrogen-bond acceptors (Lipinski definition) is 3. The second-order valence-corrected chi connectivity index (χ2v) is 5.75. The molecule has 1 N–H and O–H groups in total. The van der Waals surface area contributed by atoms with Crippen molar-refractivity contribution in [3.8, 4) is 0 Å². The van der Waals surface area contributed by atoms with Gasteiger partial charge in [0.2, 0.25) is 0 Å². The number of piperidine rings is 1. The molecule has 1 aromatic carbocycles. The summed E-state index contributed by atoms with van der Waals surface area (Å²) in [6, 6.07) is 5.53. The van der Waals surface area contributed by atoms with E-state index in [1.165, 1.54) is 0 Å². The summed E-state index contributed by atoms with van der Waals surface area (Å²) in [5, 5.41) is 3.21. The van der Waals surface area contributed by atoms with Crippen molar-refractivity contribution in [2.24, 2.45) is 0 Å². The molecule has 0 spiro atoms. The highest BCUT2D eigenvalue weighted by molar-refractivity contribution is 5.50. The lowest BCUT2D eigenvalue weighted by Gasteiger charge is -2.40. The Morgan fingerprint density at radius 1 is 1.45 bits per heavy atom. The lowest BCUT2D eigenvalue weighted by Crippen LogP contribution is -2.47. The molecular weight excluding hydrogens is 255 g/mol. The third kappa shape index (κ3) is 3.49. The van der Waals surface area contributed by atoms with Gasteiger partial charge in [0.25, 0.3) is 0 Å². The highest BCUT2D eigenvalue weighted by Crippen LogP contribution is 2.29. The molecule has 1 aliphatic heterocycles. The van der Waals surface area contributed by atoms with E-state index in [0.29, 0.717) is 12.2 Å². The number of nitrogens with zero attached hydrogens (tertiary/aromatic N) is 1. The molecule has 0 radical (unpaired) electrons. The molecule has 0 saturated carbocycles. The molecule has 1 unspecified atom stereocenters. The third-order valence-corrected chi connectivity index (χ3v) is 4.08. The van der Waals surface area contributed by atoms with Crippen molar-refractivity contribution in [3.05, 3.63) is 29.6 Å². The molecule has 2 rings (SSSR count). The van der Waals surface area contributed by atoms with Crippen LogP contribution in [0.1, 0.15) is 32.3 Å². The van der Waals surface area contributed by atoms with E-state index in [1.54, 1.807) is 13.2 Å². The highest BCUT2D eigenvalue weighted by atomic mass is 19.1. The largest absolute Gasteiger partial charge is 0.377 e. The Kier molecular flexibility index (Phi) is 5.00. The maximum absolute atomic E-state index is 14.3. The molecule has 0 amide bonds. The molecule has 0 aliphatic carbocycles. The van der Waals surface area contributed by atoms with E-state index >= 15 is 0 Å². The van der Waals surface area contributed by atoms with Gasteiger partial charge in [-0.2, -0.15) is 0 Å². The molecule has 0 aromatic heterocycles. The van der Waals surface area contributed by atoms with Crippen LogP contribution in [-0.2, 0) is 11.3 Å². The van der Waals surface area contributed by atoms with Gasteiger partial charge in [-0.15, -0.1) is 0 Å². The fourth-order valence-corrected chi connectivity index (χ4v) is 2.76. The van der Waals surface area contributed by atoms with Crippen molar-refractivity contribution in [1.82, 2.24) is 5.32 Å². The van der Waals surface area contributed by atoms with Crippen molar-refractivity contribution < 1.29 is 9.13 Å². The maximum atomic E-state index is 14.3. The summed E-state index contributed by atoms with van der Waals surface area (Å²) in [5.41, 5.74) is 1.50. The Morgan fingerprint density at radius 2 is 2.25 bits per heavy atom. The Balaban J connectivity index is 2.12. The molecule has 1 heterocycles. The van der Waals surface area contributed by atoms with Gasteiger partial charge in [0.1, 0.15) is 5.82 Å². The third-order valence-electron chi connectivity index (χ3n) is 4.08. The van der Waals surface area contributed by atoms with Gasteiger partial charge in [-0.25, -0.2) is 4.39 Å². The number of benzene rings is 1. The lowest BCUT2D eigenvalue weighted by molar-refractivity contribution is -0.00476. The highest BCUT2D eigenvalue weighted by Gasteiger charge is 2.31. The minimum atomic E-state index is -0.173. The van der Waals surface area contributed by atoms with E-state index in [4.69, 9.17) is 4.74 Å². The zero-order valence-electron chi connectivity index (χ0n) is 12.7. The normalized spacial score (nSPS) is 23.1. The second-order valence-electron chi connectivity index (χ2n) is 5.75. The number of rotatable bonds is 5. The summed E-state index contributed by atoms with van der Waals surface area (Å²) >= 11 is 0. The van der Waals surface area contributed by atoms with Crippen LogP contribution in [-0.4, -0.2) is 32.3 Å². The van der Waals surface area contributed by atoms with Gasteiger partial charge in [0.05, 0.1) is 11.3 Å². The summed E-state index contributed by atoms with van der Waals surface area (Å²) in [6.07, 6.45) is 2.06. The van der Waals surface area contributed by atoms with E-state index < -0.39 is 0 Å². The maximum Gasteiger partial charge on any atom is 0.146 e. The topological polar surface area (TPSA) is 24.5 Å². The first-order valence-corrected chi connectivity index (χ1v) is 7.37. The van der Waals surface area contributed by atoms with Crippen LogP contribution in [0.15, 0.2) is 18.2 Å². The number of ether oxygens (including phenoxy) is 1. The second kappa shape index (κ2) is 6.55. The average Bonchev–Trinajstić information content (AvgIpc) is 2.45. The predicted octanol–water partition coefficient (Wildman–Crippen LogP) is 2.94. The van der Waals surface area contributed by atoms with Crippen LogP contribution >= 0.6 is 0 Å². The van der Waals surface area contributed by atoms with Gasteiger partial charge in [-0.3, -0.25) is 0 Å². The summed E-state index contributed by atoms with van der Waals surface area (Å²) in [7, 11) is 1.74. The van der Waals surface area contributed by atoms with E-state index in [-0.39, 0.29) is 11.4 Å². The zero-order valence-corrected chi connectivity index (χ0v) is 12.7. The molecular formula is C16H25FN2O. The molecule has 1 aromatic rings. The number of halogens is 1. The van der Waals surface area contributed by atoms with Crippen molar-refractivity contribution >= 4 is 5.69 Å². The molecule has 1 atom stereocenters. The Morgan fingerprint density at radius 3 is 2.90 bits per heavy atom. The van der Waals surface area contributed by atoms with Gasteiger partial charge in [0.15, 0.2) is 0 Å². The van der Waals surface area contributed by atoms with E-state index in [0.717, 1.165) is 38.0 Å². The average molecular weight is 280 g/mol. The molecule has 1 saturated heterocycles. The SMILES string of the molecule is CCNCc1ccc(N2CCCC(C)(OC)C2)c(F)c1. The standard InChI is InChI=1S/C16H25FN2O/c1-4-18-11-13-6-7-15(14(17)10-13)19-9-5-8-16(2,12-19)20-3/h6-7,10,18H,4-5,8-9,11-12H2,1-3H3. The summed E-state index contributed by atoms with van der Waals surface area (Å²) in [5.74, 6) is -0.138. The van der Waals surface area contributed by atoms with Crippen LogP contribution in [0.2, 0.25) is 0 Å². The first-order valence-electron chi connectivity index (χ1n) is 7.37. The quantitative estimate of drug-likeness (QED) is 0.897. The van der Waals surface area contributed by atoms with Crippen molar-refractivity contribution in [3.63, 3.8) is 0 Å². The van der Waals surface area contributed by atoms with E-state index in [9.17, 15) is 4.39 Å². The van der Waals surface area contributed by atoms with Crippen LogP contribution in [0.4, 0.5) is 10.1 Å². The zero-order chi connectivity index (χ0) is 14.6. The van der Waals surface area contributed by atoms with E-state index in [2.05, 4.69) is 17.1 Å². The summed E-state index contributed by atoms with van der Waals surface area (Å²) in [6.45, 7) is 7.38. The van der Waals surface area contributed by atoms with Crippen LogP contribution in [0.3, 0.4) is 0 Å². The molecule has 4 heteroatoms. The van der Waals surface area contributed by atoms with Crippen LogP contribution in [0.25, 0.3) is 0 Å². The number of anilines is 1. The minimum Gasteiger partial charge on any atom is -0.377 e. The monoisotopic (exact) mass is 280 g/mol. The fraction of sp³-hybridized carbons (Fsp3) is 0.625. The lowest BCUT2D eigenvalue weighted by atomic mass is 9.94. The first kappa shape index (κ1) is 15.3. The van der Waals surface area contributed by atoms with Gasteiger partial charge in [-0.1, -0.05) is 13.0 Å². The van der Waals surface area contributed by atoms with Crippen molar-refractivity contribution in [2.75, 3.05) is 31.6 Å². The van der Waals surface area contributed by atoms with Gasteiger partial charge < -0.3 is 15.0 Å². The number of methoxy groups -OCH3 is 1. The van der Waals surface area contributed by atoms with Crippen molar-refractivity contribution in [2.45, 2.75) is 38.8 Å². The van der Waals surface area contributed by atoms with Crippen LogP contribution in [0, 0.1) is 5.82 Å². The molecule has 1 aliphatic rings. The van der Waals surface area contributed by atoms with Gasteiger partial charge in [0, 0.05) is 26.7 Å². The Bertz CT molecular complexity index is 452.